The maximum absolute atomic E-state index is 12.2. The quantitative estimate of drug-likeness (QED) is 0.704. The van der Waals surface area contributed by atoms with Gasteiger partial charge in [0.25, 0.3) is 5.91 Å². The maximum atomic E-state index is 12.2. The van der Waals surface area contributed by atoms with Crippen LogP contribution in [0.3, 0.4) is 0 Å². The second-order valence-corrected chi connectivity index (χ2v) is 4.30. The summed E-state index contributed by atoms with van der Waals surface area (Å²) in [5, 5.41) is 0. The van der Waals surface area contributed by atoms with E-state index in [1.165, 1.54) is 0 Å². The van der Waals surface area contributed by atoms with Gasteiger partial charge in [-0.25, -0.2) is 0 Å². The summed E-state index contributed by atoms with van der Waals surface area (Å²) in [5.41, 5.74) is 0.696. The average molecular weight is 235 g/mol. The van der Waals surface area contributed by atoms with Crippen molar-refractivity contribution in [3.63, 3.8) is 0 Å². The first-order valence-electron chi connectivity index (χ1n) is 5.75. The standard InChI is InChI=1S/C12H17N3O2/c1-10(16)14-6-8-15(9-7-14)12(17)11-4-3-5-13(11)2/h3-5H,6-9H2,1-2H3. The molecule has 2 amide bonds. The van der Waals surface area contributed by atoms with E-state index in [4.69, 9.17) is 0 Å². The zero-order chi connectivity index (χ0) is 12.4. The highest BCUT2D eigenvalue weighted by Crippen LogP contribution is 2.09. The summed E-state index contributed by atoms with van der Waals surface area (Å²) in [5.74, 6) is 0.122. The number of amides is 2. The third-order valence-electron chi connectivity index (χ3n) is 3.18. The van der Waals surface area contributed by atoms with Crippen LogP contribution < -0.4 is 0 Å². The van der Waals surface area contributed by atoms with Crippen molar-refractivity contribution in [2.45, 2.75) is 6.92 Å². The Balaban J connectivity index is 2.00. The topological polar surface area (TPSA) is 45.6 Å². The molecule has 0 radical (unpaired) electrons. The fourth-order valence-corrected chi connectivity index (χ4v) is 2.07. The first-order chi connectivity index (χ1) is 8.09. The Kier molecular flexibility index (Phi) is 3.17. The average Bonchev–Trinajstić information content (AvgIpc) is 2.74. The number of carbonyl (C=O) groups is 2. The molecule has 0 aromatic carbocycles. The molecule has 1 saturated heterocycles. The van der Waals surface area contributed by atoms with E-state index in [0.717, 1.165) is 0 Å². The highest BCUT2D eigenvalue weighted by atomic mass is 16.2. The zero-order valence-electron chi connectivity index (χ0n) is 10.2. The van der Waals surface area contributed by atoms with Crippen molar-refractivity contribution >= 4 is 11.8 Å². The van der Waals surface area contributed by atoms with Crippen LogP contribution in [0.1, 0.15) is 17.4 Å². The van der Waals surface area contributed by atoms with Gasteiger partial charge in [0.2, 0.25) is 5.91 Å². The highest BCUT2D eigenvalue weighted by Gasteiger charge is 2.24. The Morgan fingerprint density at radius 3 is 2.18 bits per heavy atom. The van der Waals surface area contributed by atoms with Crippen LogP contribution in [0.25, 0.3) is 0 Å². The monoisotopic (exact) mass is 235 g/mol. The molecule has 0 N–H and O–H groups in total. The van der Waals surface area contributed by atoms with E-state index in [-0.39, 0.29) is 11.8 Å². The molecule has 1 fully saturated rings. The Hall–Kier alpha value is -1.78. The number of hydrogen-bond acceptors (Lipinski definition) is 2. The van der Waals surface area contributed by atoms with Crippen LogP contribution in [0, 0.1) is 0 Å². The van der Waals surface area contributed by atoms with Crippen molar-refractivity contribution in [3.05, 3.63) is 24.0 Å². The van der Waals surface area contributed by atoms with E-state index in [1.54, 1.807) is 16.7 Å². The minimum atomic E-state index is 0.0423. The summed E-state index contributed by atoms with van der Waals surface area (Å²) in [6, 6.07) is 3.68. The summed E-state index contributed by atoms with van der Waals surface area (Å²) in [7, 11) is 1.86. The van der Waals surface area contributed by atoms with Gasteiger partial charge in [0, 0.05) is 46.3 Å². The zero-order valence-corrected chi connectivity index (χ0v) is 10.2. The first-order valence-corrected chi connectivity index (χ1v) is 5.75. The molecule has 5 nitrogen and oxygen atoms in total. The lowest BCUT2D eigenvalue weighted by Crippen LogP contribution is -2.50. The number of hydrogen-bond donors (Lipinski definition) is 0. The van der Waals surface area contributed by atoms with Gasteiger partial charge in [-0.1, -0.05) is 0 Å². The van der Waals surface area contributed by atoms with Gasteiger partial charge in [0.15, 0.2) is 0 Å². The van der Waals surface area contributed by atoms with Crippen molar-refractivity contribution in [1.82, 2.24) is 14.4 Å². The SMILES string of the molecule is CC(=O)N1CCN(C(=O)c2cccn2C)CC1. The van der Waals surface area contributed by atoms with Crippen LogP contribution >= 0.6 is 0 Å². The number of nitrogens with zero attached hydrogens (tertiary/aromatic N) is 3. The van der Waals surface area contributed by atoms with Gasteiger partial charge in [-0.3, -0.25) is 9.59 Å². The molecule has 2 rings (SSSR count). The molecule has 2 heterocycles. The number of aromatic nitrogens is 1. The van der Waals surface area contributed by atoms with E-state index < -0.39 is 0 Å². The summed E-state index contributed by atoms with van der Waals surface area (Å²) >= 11 is 0. The number of carbonyl (C=O) groups excluding carboxylic acids is 2. The molecule has 92 valence electrons. The molecule has 1 aliphatic rings. The fourth-order valence-electron chi connectivity index (χ4n) is 2.07. The molecule has 17 heavy (non-hydrogen) atoms. The third-order valence-corrected chi connectivity index (χ3v) is 3.18. The predicted octanol–water partition coefficient (Wildman–Crippen LogP) is 0.329. The molecule has 0 saturated carbocycles. The molecule has 5 heteroatoms. The molecule has 0 bridgehead atoms. The van der Waals surface area contributed by atoms with Gasteiger partial charge in [0.05, 0.1) is 0 Å². The molecular weight excluding hydrogens is 218 g/mol. The summed E-state index contributed by atoms with van der Waals surface area (Å²) in [4.78, 5) is 26.9. The number of aryl methyl sites for hydroxylation is 1. The van der Waals surface area contributed by atoms with Gasteiger partial charge in [-0.15, -0.1) is 0 Å². The van der Waals surface area contributed by atoms with Gasteiger partial charge in [0.1, 0.15) is 5.69 Å². The minimum absolute atomic E-state index is 0.0423. The van der Waals surface area contributed by atoms with E-state index in [2.05, 4.69) is 0 Å². The second-order valence-electron chi connectivity index (χ2n) is 4.30. The molecule has 1 aromatic rings. The Morgan fingerprint density at radius 1 is 1.12 bits per heavy atom. The van der Waals surface area contributed by atoms with Crippen molar-refractivity contribution < 1.29 is 9.59 Å². The normalized spacial score (nSPS) is 16.1. The van der Waals surface area contributed by atoms with Crippen LogP contribution in [-0.2, 0) is 11.8 Å². The van der Waals surface area contributed by atoms with Gasteiger partial charge >= 0.3 is 0 Å². The summed E-state index contributed by atoms with van der Waals surface area (Å²) in [6.07, 6.45) is 1.86. The van der Waals surface area contributed by atoms with Crippen LogP contribution in [0.5, 0.6) is 0 Å². The Labute approximate surface area is 101 Å². The fraction of sp³-hybridized carbons (Fsp3) is 0.500. The van der Waals surface area contributed by atoms with Crippen molar-refractivity contribution in [2.24, 2.45) is 7.05 Å². The highest BCUT2D eigenvalue weighted by molar-refractivity contribution is 5.93. The summed E-state index contributed by atoms with van der Waals surface area (Å²) in [6.45, 7) is 4.05. The number of rotatable bonds is 1. The largest absolute Gasteiger partial charge is 0.347 e. The lowest BCUT2D eigenvalue weighted by molar-refractivity contribution is -0.130. The van der Waals surface area contributed by atoms with Crippen LogP contribution in [0.4, 0.5) is 0 Å². The van der Waals surface area contributed by atoms with Crippen LogP contribution in [-0.4, -0.2) is 52.4 Å². The Morgan fingerprint density at radius 2 is 1.71 bits per heavy atom. The van der Waals surface area contributed by atoms with E-state index in [0.29, 0.717) is 31.9 Å². The molecule has 0 aliphatic carbocycles. The van der Waals surface area contributed by atoms with Gasteiger partial charge < -0.3 is 14.4 Å². The molecule has 1 aliphatic heterocycles. The molecule has 0 spiro atoms. The lowest BCUT2D eigenvalue weighted by Gasteiger charge is -2.34. The Bertz CT molecular complexity index is 431. The van der Waals surface area contributed by atoms with Crippen molar-refractivity contribution in [2.75, 3.05) is 26.2 Å². The first kappa shape index (κ1) is 11.7. The predicted molar refractivity (Wildman–Crippen MR) is 63.6 cm³/mol. The van der Waals surface area contributed by atoms with Gasteiger partial charge in [-0.05, 0) is 12.1 Å². The third kappa shape index (κ3) is 2.33. The smallest absolute Gasteiger partial charge is 0.270 e. The van der Waals surface area contributed by atoms with E-state index in [1.807, 2.05) is 29.9 Å². The minimum Gasteiger partial charge on any atom is -0.347 e. The molecular formula is C12H17N3O2. The van der Waals surface area contributed by atoms with Crippen LogP contribution in [0.15, 0.2) is 18.3 Å². The van der Waals surface area contributed by atoms with Crippen molar-refractivity contribution in [3.8, 4) is 0 Å². The molecule has 1 aromatic heterocycles. The van der Waals surface area contributed by atoms with E-state index >= 15 is 0 Å². The van der Waals surface area contributed by atoms with Gasteiger partial charge in [-0.2, -0.15) is 0 Å². The maximum Gasteiger partial charge on any atom is 0.270 e. The van der Waals surface area contributed by atoms with Crippen LogP contribution in [0.2, 0.25) is 0 Å². The number of piperazine rings is 1. The van der Waals surface area contributed by atoms with E-state index in [9.17, 15) is 9.59 Å². The molecule has 0 atom stereocenters. The summed E-state index contributed by atoms with van der Waals surface area (Å²) < 4.78 is 1.82. The second kappa shape index (κ2) is 4.61. The molecule has 0 unspecified atom stereocenters. The lowest BCUT2D eigenvalue weighted by atomic mass is 10.2. The van der Waals surface area contributed by atoms with Crippen molar-refractivity contribution in [1.29, 1.82) is 0 Å².